The van der Waals surface area contributed by atoms with Crippen LogP contribution in [0.15, 0.2) is 28.7 Å². The number of nitrogens with two attached hydrogens (primary N) is 1. The smallest absolute Gasteiger partial charge is 0.255 e. The van der Waals surface area contributed by atoms with Crippen molar-refractivity contribution in [2.24, 2.45) is 5.73 Å². The summed E-state index contributed by atoms with van der Waals surface area (Å²) in [5, 5.41) is 2.35. The van der Waals surface area contributed by atoms with Crippen molar-refractivity contribution in [3.8, 4) is 0 Å². The molecule has 0 aliphatic rings. The topological polar surface area (TPSA) is 119 Å². The molecule has 0 aliphatic heterocycles. The van der Waals surface area contributed by atoms with Crippen molar-refractivity contribution in [3.63, 3.8) is 0 Å². The van der Waals surface area contributed by atoms with E-state index in [0.29, 0.717) is 0 Å². The van der Waals surface area contributed by atoms with Gasteiger partial charge in [0.1, 0.15) is 17.1 Å². The molecule has 0 unspecified atom stereocenters. The van der Waals surface area contributed by atoms with Crippen molar-refractivity contribution in [3.05, 3.63) is 52.5 Å². The molecule has 2 rings (SSSR count). The zero-order chi connectivity index (χ0) is 19.4. The van der Waals surface area contributed by atoms with Gasteiger partial charge in [-0.3, -0.25) is 24.5 Å². The summed E-state index contributed by atoms with van der Waals surface area (Å²) in [5.74, 6) is -2.80. The number of carbonyl (C=O) groups excluding carboxylic acids is 4. The van der Waals surface area contributed by atoms with E-state index in [1.807, 2.05) is 0 Å². The summed E-state index contributed by atoms with van der Waals surface area (Å²) in [6.45, 7) is 2.72. The first kappa shape index (κ1) is 19.0. The van der Waals surface area contributed by atoms with E-state index in [0.717, 1.165) is 12.1 Å². The Bertz CT molecular complexity index is 884. The molecule has 1 aromatic heterocycles. The van der Waals surface area contributed by atoms with E-state index >= 15 is 0 Å². The molecule has 0 bridgehead atoms. The van der Waals surface area contributed by atoms with Gasteiger partial charge in [0.2, 0.25) is 11.8 Å². The van der Waals surface area contributed by atoms with Gasteiger partial charge in [0.25, 0.3) is 5.91 Å². The molecule has 0 spiro atoms. The standard InChI is InChI=1S/C18H17FN2O5/c1-9(22)15-10(2)26-18(16(15)17(20)25)21-14(24)8-7-13(23)11-3-5-12(19)6-4-11/h3-6H,7-8H2,1-2H3,(H2,20,25)(H,21,24). The number of ketones is 2. The number of hydrogen-bond acceptors (Lipinski definition) is 5. The molecule has 3 N–H and O–H groups in total. The Kier molecular flexibility index (Phi) is 5.66. The van der Waals surface area contributed by atoms with Crippen LogP contribution >= 0.6 is 0 Å². The number of benzene rings is 1. The van der Waals surface area contributed by atoms with Gasteiger partial charge in [0, 0.05) is 18.4 Å². The maximum absolute atomic E-state index is 12.9. The molecule has 136 valence electrons. The fraction of sp³-hybridized carbons (Fsp3) is 0.222. The summed E-state index contributed by atoms with van der Waals surface area (Å²) in [7, 11) is 0. The Balaban J connectivity index is 2.07. The van der Waals surface area contributed by atoms with Crippen LogP contribution in [0, 0.1) is 12.7 Å². The third kappa shape index (κ3) is 4.21. The van der Waals surface area contributed by atoms with Crippen LogP contribution in [0.1, 0.15) is 56.6 Å². The molecule has 2 amide bonds. The van der Waals surface area contributed by atoms with Crippen molar-refractivity contribution in [1.29, 1.82) is 0 Å². The minimum Gasteiger partial charge on any atom is -0.444 e. The van der Waals surface area contributed by atoms with Gasteiger partial charge in [-0.15, -0.1) is 0 Å². The molecule has 7 nitrogen and oxygen atoms in total. The lowest BCUT2D eigenvalue weighted by molar-refractivity contribution is -0.116. The van der Waals surface area contributed by atoms with Crippen molar-refractivity contribution in [2.45, 2.75) is 26.7 Å². The molecule has 0 radical (unpaired) electrons. The lowest BCUT2D eigenvalue weighted by atomic mass is 10.1. The second-order valence-corrected chi connectivity index (χ2v) is 5.64. The van der Waals surface area contributed by atoms with E-state index < -0.39 is 23.4 Å². The zero-order valence-corrected chi connectivity index (χ0v) is 14.2. The molecule has 26 heavy (non-hydrogen) atoms. The summed E-state index contributed by atoms with van der Waals surface area (Å²) >= 11 is 0. The Morgan fingerprint density at radius 3 is 2.23 bits per heavy atom. The van der Waals surface area contributed by atoms with E-state index in [1.54, 1.807) is 0 Å². The molecule has 2 aromatic rings. The zero-order valence-electron chi connectivity index (χ0n) is 14.2. The number of carbonyl (C=O) groups is 4. The Morgan fingerprint density at radius 1 is 1.08 bits per heavy atom. The average Bonchev–Trinajstić information content (AvgIpc) is 2.89. The van der Waals surface area contributed by atoms with E-state index in [-0.39, 0.29) is 47.0 Å². The Morgan fingerprint density at radius 2 is 1.69 bits per heavy atom. The molecule has 0 saturated carbocycles. The lowest BCUT2D eigenvalue weighted by Crippen LogP contribution is -2.19. The monoisotopic (exact) mass is 360 g/mol. The molecule has 8 heteroatoms. The van der Waals surface area contributed by atoms with Gasteiger partial charge in [-0.2, -0.15) is 0 Å². The number of aryl methyl sites for hydroxylation is 1. The number of rotatable bonds is 7. The van der Waals surface area contributed by atoms with E-state index in [1.165, 1.54) is 26.0 Å². The Hall–Kier alpha value is -3.29. The van der Waals surface area contributed by atoms with Crippen LogP contribution in [0.4, 0.5) is 10.3 Å². The van der Waals surface area contributed by atoms with Crippen LogP contribution in [-0.2, 0) is 4.79 Å². The van der Waals surface area contributed by atoms with Crippen LogP contribution < -0.4 is 11.1 Å². The molecule has 0 aliphatic carbocycles. The van der Waals surface area contributed by atoms with Crippen molar-refractivity contribution >= 4 is 29.3 Å². The maximum atomic E-state index is 12.9. The summed E-state index contributed by atoms with van der Waals surface area (Å²) in [4.78, 5) is 47.3. The first-order valence-electron chi connectivity index (χ1n) is 7.73. The average molecular weight is 360 g/mol. The molecule has 0 atom stereocenters. The number of amides is 2. The fourth-order valence-electron chi connectivity index (χ4n) is 2.49. The molecular weight excluding hydrogens is 343 g/mol. The van der Waals surface area contributed by atoms with Gasteiger partial charge < -0.3 is 10.2 Å². The summed E-state index contributed by atoms with van der Waals surface area (Å²) in [6.07, 6.45) is -0.313. The number of anilines is 1. The number of primary amides is 1. The highest BCUT2D eigenvalue weighted by Crippen LogP contribution is 2.27. The SMILES string of the molecule is CC(=O)c1c(C)oc(NC(=O)CCC(=O)c2ccc(F)cc2)c1C(N)=O. The van der Waals surface area contributed by atoms with Crippen LogP contribution in [0.25, 0.3) is 0 Å². The Labute approximate surface area is 148 Å². The first-order valence-corrected chi connectivity index (χ1v) is 7.73. The molecule has 1 aromatic carbocycles. The maximum Gasteiger partial charge on any atom is 0.255 e. The van der Waals surface area contributed by atoms with E-state index in [9.17, 15) is 23.6 Å². The van der Waals surface area contributed by atoms with Crippen molar-refractivity contribution in [1.82, 2.24) is 0 Å². The van der Waals surface area contributed by atoms with Crippen molar-refractivity contribution < 1.29 is 28.0 Å². The predicted molar refractivity (Wildman–Crippen MR) is 90.6 cm³/mol. The van der Waals surface area contributed by atoms with E-state index in [2.05, 4.69) is 5.32 Å². The van der Waals surface area contributed by atoms with Crippen LogP contribution in [0.2, 0.25) is 0 Å². The molecule has 0 saturated heterocycles. The number of nitrogens with one attached hydrogen (secondary N) is 1. The highest BCUT2D eigenvalue weighted by Gasteiger charge is 2.26. The summed E-state index contributed by atoms with van der Waals surface area (Å²) < 4.78 is 18.1. The second kappa shape index (κ2) is 7.73. The highest BCUT2D eigenvalue weighted by molar-refractivity contribution is 6.12. The second-order valence-electron chi connectivity index (χ2n) is 5.64. The third-order valence-electron chi connectivity index (χ3n) is 3.68. The van der Waals surface area contributed by atoms with Crippen LogP contribution in [-0.4, -0.2) is 23.4 Å². The normalized spacial score (nSPS) is 10.4. The third-order valence-corrected chi connectivity index (χ3v) is 3.68. The van der Waals surface area contributed by atoms with Crippen LogP contribution in [0.3, 0.4) is 0 Å². The summed E-state index contributed by atoms with van der Waals surface area (Å²) in [6, 6.07) is 4.97. The van der Waals surface area contributed by atoms with Gasteiger partial charge in [-0.25, -0.2) is 4.39 Å². The van der Waals surface area contributed by atoms with Gasteiger partial charge in [0.05, 0.1) is 5.56 Å². The summed E-state index contributed by atoms with van der Waals surface area (Å²) in [5.41, 5.74) is 5.36. The molecule has 1 heterocycles. The number of furan rings is 1. The number of halogens is 1. The van der Waals surface area contributed by atoms with Gasteiger partial charge in [-0.05, 0) is 38.1 Å². The molecule has 0 fully saturated rings. The highest BCUT2D eigenvalue weighted by atomic mass is 19.1. The largest absolute Gasteiger partial charge is 0.444 e. The van der Waals surface area contributed by atoms with Gasteiger partial charge in [0.15, 0.2) is 11.6 Å². The van der Waals surface area contributed by atoms with Gasteiger partial charge in [-0.1, -0.05) is 0 Å². The lowest BCUT2D eigenvalue weighted by Gasteiger charge is -2.04. The fourth-order valence-corrected chi connectivity index (χ4v) is 2.49. The van der Waals surface area contributed by atoms with E-state index in [4.69, 9.17) is 10.2 Å². The quantitative estimate of drug-likeness (QED) is 0.736. The first-order chi connectivity index (χ1) is 12.2. The van der Waals surface area contributed by atoms with Crippen molar-refractivity contribution in [2.75, 3.05) is 5.32 Å². The minimum absolute atomic E-state index is 0.00943. The predicted octanol–water partition coefficient (Wildman–Crippen LogP) is 2.63. The van der Waals surface area contributed by atoms with Gasteiger partial charge >= 0.3 is 0 Å². The minimum atomic E-state index is -0.912. The molecular formula is C18H17FN2O5. The van der Waals surface area contributed by atoms with Crippen LogP contribution in [0.5, 0.6) is 0 Å². The number of hydrogen-bond donors (Lipinski definition) is 2. The number of Topliss-reactive ketones (excluding diaryl/α,β-unsaturated/α-hetero) is 2.